The molecule has 1 aromatic carbocycles. The van der Waals surface area contributed by atoms with Crippen LogP contribution >= 0.6 is 11.6 Å². The van der Waals surface area contributed by atoms with Gasteiger partial charge in [-0.1, -0.05) is 6.07 Å². The smallest absolute Gasteiger partial charge is 0.269 e. The number of benzene rings is 1. The number of rotatable bonds is 3. The number of imidazole rings is 1. The summed E-state index contributed by atoms with van der Waals surface area (Å²) in [6.45, 7) is 3.89. The lowest BCUT2D eigenvalue weighted by atomic mass is 10.1. The van der Waals surface area contributed by atoms with Crippen molar-refractivity contribution in [2.45, 2.75) is 19.2 Å². The lowest BCUT2D eigenvalue weighted by Crippen LogP contribution is -1.98. The molecule has 22 heavy (non-hydrogen) atoms. The van der Waals surface area contributed by atoms with Gasteiger partial charge in [0.2, 0.25) is 0 Å². The molecule has 2 heterocycles. The van der Waals surface area contributed by atoms with Gasteiger partial charge in [-0.15, -0.1) is 11.6 Å². The monoisotopic (exact) mass is 315 g/mol. The second-order valence-electron chi connectivity index (χ2n) is 5.13. The zero-order chi connectivity index (χ0) is 15.9. The van der Waals surface area contributed by atoms with E-state index in [0.29, 0.717) is 0 Å². The minimum absolute atomic E-state index is 0.0594. The Bertz CT molecular complexity index is 854. The third kappa shape index (κ3) is 2.33. The molecule has 0 aliphatic carbocycles. The van der Waals surface area contributed by atoms with E-state index in [1.54, 1.807) is 12.1 Å². The highest BCUT2D eigenvalue weighted by Crippen LogP contribution is 2.33. The zero-order valence-electron chi connectivity index (χ0n) is 12.2. The Balaban J connectivity index is 2.24. The highest BCUT2D eigenvalue weighted by atomic mass is 35.5. The average molecular weight is 316 g/mol. The Morgan fingerprint density at radius 1 is 1.23 bits per heavy atom. The molecule has 0 aliphatic heterocycles. The largest absolute Gasteiger partial charge is 0.299 e. The summed E-state index contributed by atoms with van der Waals surface area (Å²) in [6, 6.07) is 12.2. The SMILES string of the molecule is Cc1cccc2nc(-c3ccc([N+](=O)[O-])cc3)c(C(C)Cl)n12. The van der Waals surface area contributed by atoms with Crippen LogP contribution in [-0.4, -0.2) is 14.3 Å². The summed E-state index contributed by atoms with van der Waals surface area (Å²) >= 11 is 6.36. The average Bonchev–Trinajstić information content (AvgIpc) is 2.88. The van der Waals surface area contributed by atoms with Gasteiger partial charge in [-0.2, -0.15) is 0 Å². The van der Waals surface area contributed by atoms with Crippen molar-refractivity contribution in [3.8, 4) is 11.3 Å². The van der Waals surface area contributed by atoms with E-state index in [4.69, 9.17) is 11.6 Å². The van der Waals surface area contributed by atoms with Gasteiger partial charge in [-0.3, -0.25) is 14.5 Å². The molecule has 0 N–H and O–H groups in total. The molecule has 0 radical (unpaired) electrons. The van der Waals surface area contributed by atoms with Gasteiger partial charge < -0.3 is 0 Å². The predicted octanol–water partition coefficient (Wildman–Crippen LogP) is 4.52. The molecule has 0 bridgehead atoms. The standard InChI is InChI=1S/C16H14ClN3O2/c1-10-4-3-5-14-18-15(16(11(2)17)19(10)14)12-6-8-13(9-7-12)20(21)22/h3-9,11H,1-2H3. The van der Waals surface area contributed by atoms with E-state index in [9.17, 15) is 10.1 Å². The number of hydrogen-bond donors (Lipinski definition) is 0. The topological polar surface area (TPSA) is 60.4 Å². The molecule has 1 unspecified atom stereocenters. The van der Waals surface area contributed by atoms with Crippen molar-refractivity contribution in [1.82, 2.24) is 9.38 Å². The molecule has 1 atom stereocenters. The Morgan fingerprint density at radius 2 is 1.91 bits per heavy atom. The van der Waals surface area contributed by atoms with E-state index in [2.05, 4.69) is 4.98 Å². The van der Waals surface area contributed by atoms with Crippen LogP contribution in [0.15, 0.2) is 42.5 Å². The number of non-ortho nitro benzene ring substituents is 1. The van der Waals surface area contributed by atoms with Gasteiger partial charge in [0.1, 0.15) is 5.65 Å². The first-order valence-electron chi connectivity index (χ1n) is 6.86. The summed E-state index contributed by atoms with van der Waals surface area (Å²) in [5, 5.41) is 10.5. The molecule has 0 saturated heterocycles. The summed E-state index contributed by atoms with van der Waals surface area (Å²) in [6.07, 6.45) is 0. The number of nitro groups is 1. The number of alkyl halides is 1. The van der Waals surface area contributed by atoms with Crippen LogP contribution in [0.5, 0.6) is 0 Å². The second kappa shape index (κ2) is 5.42. The van der Waals surface area contributed by atoms with Crippen LogP contribution < -0.4 is 0 Å². The molecule has 2 aromatic heterocycles. The summed E-state index contributed by atoms with van der Waals surface area (Å²) < 4.78 is 2.02. The number of fused-ring (bicyclic) bond motifs is 1. The highest BCUT2D eigenvalue weighted by Gasteiger charge is 2.19. The first-order valence-corrected chi connectivity index (χ1v) is 7.29. The van der Waals surface area contributed by atoms with Crippen LogP contribution in [0, 0.1) is 17.0 Å². The molecular formula is C16H14ClN3O2. The lowest BCUT2D eigenvalue weighted by Gasteiger charge is -2.09. The van der Waals surface area contributed by atoms with Crippen LogP contribution in [-0.2, 0) is 0 Å². The Hall–Kier alpha value is -2.40. The normalized spacial score (nSPS) is 12.5. The van der Waals surface area contributed by atoms with Crippen molar-refractivity contribution in [3.05, 3.63) is 64.0 Å². The summed E-state index contributed by atoms with van der Waals surface area (Å²) in [7, 11) is 0. The number of hydrogen-bond acceptors (Lipinski definition) is 3. The van der Waals surface area contributed by atoms with Crippen LogP contribution in [0.25, 0.3) is 16.9 Å². The van der Waals surface area contributed by atoms with E-state index in [1.165, 1.54) is 12.1 Å². The van der Waals surface area contributed by atoms with Gasteiger partial charge in [0.15, 0.2) is 0 Å². The molecule has 5 nitrogen and oxygen atoms in total. The van der Waals surface area contributed by atoms with Crippen molar-refractivity contribution in [1.29, 1.82) is 0 Å². The maximum absolute atomic E-state index is 10.8. The van der Waals surface area contributed by atoms with Crippen molar-refractivity contribution >= 4 is 22.9 Å². The van der Waals surface area contributed by atoms with E-state index < -0.39 is 4.92 Å². The molecule has 3 rings (SSSR count). The fourth-order valence-electron chi connectivity index (χ4n) is 2.60. The van der Waals surface area contributed by atoms with Crippen molar-refractivity contribution < 1.29 is 4.92 Å². The van der Waals surface area contributed by atoms with Gasteiger partial charge in [-0.25, -0.2) is 4.98 Å². The molecular weight excluding hydrogens is 302 g/mol. The first kappa shape index (κ1) is 14.5. The molecule has 0 fully saturated rings. The Kier molecular flexibility index (Phi) is 3.58. The van der Waals surface area contributed by atoms with Gasteiger partial charge in [-0.05, 0) is 38.1 Å². The van der Waals surface area contributed by atoms with Gasteiger partial charge >= 0.3 is 0 Å². The lowest BCUT2D eigenvalue weighted by molar-refractivity contribution is -0.384. The summed E-state index contributed by atoms with van der Waals surface area (Å²) in [5.41, 5.74) is 4.38. The molecule has 0 aliphatic rings. The van der Waals surface area contributed by atoms with Crippen LogP contribution in [0.1, 0.15) is 23.7 Å². The van der Waals surface area contributed by atoms with E-state index in [1.807, 2.05) is 36.4 Å². The first-order chi connectivity index (χ1) is 10.5. The molecule has 0 saturated carbocycles. The number of nitro benzene ring substituents is 1. The number of aryl methyl sites for hydroxylation is 1. The molecule has 112 valence electrons. The Morgan fingerprint density at radius 3 is 2.50 bits per heavy atom. The third-order valence-electron chi connectivity index (χ3n) is 3.60. The second-order valence-corrected chi connectivity index (χ2v) is 5.78. The summed E-state index contributed by atoms with van der Waals surface area (Å²) in [5.74, 6) is 0. The fraction of sp³-hybridized carbons (Fsp3) is 0.188. The third-order valence-corrected chi connectivity index (χ3v) is 3.81. The van der Waals surface area contributed by atoms with Gasteiger partial charge in [0.25, 0.3) is 5.69 Å². The number of pyridine rings is 1. The zero-order valence-corrected chi connectivity index (χ0v) is 12.9. The maximum Gasteiger partial charge on any atom is 0.269 e. The minimum Gasteiger partial charge on any atom is -0.299 e. The number of nitrogens with zero attached hydrogens (tertiary/aromatic N) is 3. The van der Waals surface area contributed by atoms with E-state index in [0.717, 1.165) is 28.3 Å². The number of halogens is 1. The fourth-order valence-corrected chi connectivity index (χ4v) is 2.80. The van der Waals surface area contributed by atoms with Crippen molar-refractivity contribution in [2.75, 3.05) is 0 Å². The quantitative estimate of drug-likeness (QED) is 0.405. The maximum atomic E-state index is 10.8. The number of aromatic nitrogens is 2. The molecule has 3 aromatic rings. The van der Waals surface area contributed by atoms with Crippen LogP contribution in [0.2, 0.25) is 0 Å². The summed E-state index contributed by atoms with van der Waals surface area (Å²) in [4.78, 5) is 15.0. The molecule has 0 amide bonds. The van der Waals surface area contributed by atoms with Crippen molar-refractivity contribution in [3.63, 3.8) is 0 Å². The van der Waals surface area contributed by atoms with Crippen LogP contribution in [0.3, 0.4) is 0 Å². The minimum atomic E-state index is -0.414. The Labute approximate surface area is 132 Å². The van der Waals surface area contributed by atoms with E-state index >= 15 is 0 Å². The van der Waals surface area contributed by atoms with E-state index in [-0.39, 0.29) is 11.1 Å². The molecule has 6 heteroatoms. The molecule has 0 spiro atoms. The predicted molar refractivity (Wildman–Crippen MR) is 86.3 cm³/mol. The van der Waals surface area contributed by atoms with Crippen molar-refractivity contribution in [2.24, 2.45) is 0 Å². The van der Waals surface area contributed by atoms with Crippen LogP contribution in [0.4, 0.5) is 5.69 Å². The van der Waals surface area contributed by atoms with Gasteiger partial charge in [0.05, 0.1) is 21.7 Å². The van der Waals surface area contributed by atoms with Gasteiger partial charge in [0, 0.05) is 23.4 Å². The highest BCUT2D eigenvalue weighted by molar-refractivity contribution is 6.20.